The summed E-state index contributed by atoms with van der Waals surface area (Å²) >= 11 is 5.94. The monoisotopic (exact) mass is 565 g/mol. The van der Waals surface area contributed by atoms with Crippen LogP contribution >= 0.6 is 11.6 Å². The van der Waals surface area contributed by atoms with Crippen LogP contribution in [0.3, 0.4) is 0 Å². The number of carbonyl (C=O) groups excluding carboxylic acids is 1. The molecule has 3 heterocycles. The standard InChI is InChI=1S/C29H23ClF3N5O2/c30-26-15-21(10-12-35-26)17-36-28(39)38-23-11-14-37(13-2-3-19-6-8-20(16-34)9-7-19)18-22(23)27-24(38)4-1-5-25(27)40-29(31,32)33/h1-10,12,15H,11,13-14,17-18H2,(H,36,39)/b3-2+. The summed E-state index contributed by atoms with van der Waals surface area (Å²) in [5, 5.41) is 12.4. The number of amides is 1. The zero-order valence-corrected chi connectivity index (χ0v) is 21.8. The second kappa shape index (κ2) is 11.4. The first-order valence-electron chi connectivity index (χ1n) is 12.4. The quantitative estimate of drug-likeness (QED) is 0.278. The summed E-state index contributed by atoms with van der Waals surface area (Å²) in [5.74, 6) is -0.344. The number of nitrogens with one attached hydrogen (secondary N) is 1. The van der Waals surface area contributed by atoms with Crippen molar-refractivity contribution >= 4 is 34.6 Å². The first-order chi connectivity index (χ1) is 19.2. The van der Waals surface area contributed by atoms with Crippen LogP contribution in [0.15, 0.2) is 66.9 Å². The van der Waals surface area contributed by atoms with Gasteiger partial charge in [0.25, 0.3) is 0 Å². The fraction of sp³-hybridized carbons (Fsp3) is 0.207. The van der Waals surface area contributed by atoms with Crippen molar-refractivity contribution in [2.45, 2.75) is 25.9 Å². The number of hydrogen-bond donors (Lipinski definition) is 1. The number of rotatable bonds is 6. The van der Waals surface area contributed by atoms with Crippen LogP contribution in [-0.4, -0.2) is 39.9 Å². The number of nitriles is 1. The number of carbonyl (C=O) groups is 1. The minimum atomic E-state index is -4.88. The summed E-state index contributed by atoms with van der Waals surface area (Å²) in [5.41, 5.74) is 3.84. The van der Waals surface area contributed by atoms with Crippen LogP contribution in [0.1, 0.15) is 27.9 Å². The highest BCUT2D eigenvalue weighted by Gasteiger charge is 2.34. The van der Waals surface area contributed by atoms with E-state index < -0.39 is 12.4 Å². The zero-order valence-electron chi connectivity index (χ0n) is 21.1. The molecule has 0 atom stereocenters. The highest BCUT2D eigenvalue weighted by atomic mass is 35.5. The van der Waals surface area contributed by atoms with E-state index in [1.807, 2.05) is 24.3 Å². The summed E-state index contributed by atoms with van der Waals surface area (Å²) in [6, 6.07) is 16.5. The number of halogens is 4. The number of hydrogen-bond acceptors (Lipinski definition) is 5. The van der Waals surface area contributed by atoms with Gasteiger partial charge in [-0.3, -0.25) is 9.47 Å². The third-order valence-electron chi connectivity index (χ3n) is 6.59. The van der Waals surface area contributed by atoms with E-state index in [-0.39, 0.29) is 22.8 Å². The van der Waals surface area contributed by atoms with Crippen molar-refractivity contribution in [3.63, 3.8) is 0 Å². The highest BCUT2D eigenvalue weighted by molar-refractivity contribution is 6.29. The molecule has 0 saturated carbocycles. The lowest BCUT2D eigenvalue weighted by Crippen LogP contribution is -2.34. The second-order valence-corrected chi connectivity index (χ2v) is 9.61. The third-order valence-corrected chi connectivity index (χ3v) is 6.80. The van der Waals surface area contributed by atoms with Crippen molar-refractivity contribution in [3.8, 4) is 11.8 Å². The summed E-state index contributed by atoms with van der Waals surface area (Å²) in [6.07, 6.45) is 0.989. The van der Waals surface area contributed by atoms with Crippen LogP contribution in [0.5, 0.6) is 5.75 Å². The lowest BCUT2D eigenvalue weighted by Gasteiger charge is -2.27. The van der Waals surface area contributed by atoms with Gasteiger partial charge in [0, 0.05) is 49.9 Å². The molecule has 2 aromatic heterocycles. The number of nitrogens with zero attached hydrogens (tertiary/aromatic N) is 4. The minimum Gasteiger partial charge on any atom is -0.405 e. The topological polar surface area (TPSA) is 83.2 Å². The molecular formula is C29H23ClF3N5O2. The van der Waals surface area contributed by atoms with Gasteiger partial charge in [-0.25, -0.2) is 9.78 Å². The molecule has 0 aliphatic carbocycles. The van der Waals surface area contributed by atoms with Crippen molar-refractivity contribution in [1.82, 2.24) is 19.8 Å². The Hall–Kier alpha value is -4.33. The number of benzene rings is 2. The molecule has 4 aromatic rings. The Morgan fingerprint density at radius 2 is 2.00 bits per heavy atom. The largest absolute Gasteiger partial charge is 0.573 e. The van der Waals surface area contributed by atoms with Gasteiger partial charge in [-0.1, -0.05) is 42.0 Å². The fourth-order valence-corrected chi connectivity index (χ4v) is 5.04. The van der Waals surface area contributed by atoms with Gasteiger partial charge in [-0.15, -0.1) is 13.2 Å². The molecule has 40 heavy (non-hydrogen) atoms. The molecule has 0 saturated heterocycles. The molecule has 1 amide bonds. The minimum absolute atomic E-state index is 0.167. The van der Waals surface area contributed by atoms with Crippen molar-refractivity contribution in [1.29, 1.82) is 5.26 Å². The molecule has 0 radical (unpaired) electrons. The molecule has 11 heteroatoms. The lowest BCUT2D eigenvalue weighted by molar-refractivity contribution is -0.274. The summed E-state index contributed by atoms with van der Waals surface area (Å²) in [7, 11) is 0. The molecule has 5 rings (SSSR count). The van der Waals surface area contributed by atoms with Crippen LogP contribution in [0.25, 0.3) is 17.0 Å². The molecule has 204 valence electrons. The van der Waals surface area contributed by atoms with Gasteiger partial charge in [0.15, 0.2) is 0 Å². The van der Waals surface area contributed by atoms with E-state index in [1.54, 1.807) is 30.3 Å². The van der Waals surface area contributed by atoms with Gasteiger partial charge >= 0.3 is 12.4 Å². The van der Waals surface area contributed by atoms with E-state index in [1.165, 1.54) is 22.9 Å². The first kappa shape index (κ1) is 27.2. The van der Waals surface area contributed by atoms with Crippen molar-refractivity contribution < 1.29 is 22.7 Å². The molecule has 0 spiro atoms. The Kier molecular flexibility index (Phi) is 7.78. The molecule has 0 fully saturated rings. The molecule has 7 nitrogen and oxygen atoms in total. The van der Waals surface area contributed by atoms with Gasteiger partial charge in [-0.05, 0) is 53.1 Å². The molecule has 2 aromatic carbocycles. The highest BCUT2D eigenvalue weighted by Crippen LogP contribution is 2.38. The summed E-state index contributed by atoms with van der Waals surface area (Å²) in [6.45, 7) is 1.65. The molecule has 0 bridgehead atoms. The van der Waals surface area contributed by atoms with Crippen LogP contribution in [0.2, 0.25) is 5.15 Å². The molecule has 1 aliphatic heterocycles. The molecule has 1 aliphatic rings. The number of aromatic nitrogens is 2. The molecular weight excluding hydrogens is 543 g/mol. The number of alkyl halides is 3. The average molecular weight is 566 g/mol. The van der Waals surface area contributed by atoms with Crippen LogP contribution in [0.4, 0.5) is 18.0 Å². The van der Waals surface area contributed by atoms with Gasteiger partial charge in [0.2, 0.25) is 0 Å². The SMILES string of the molecule is N#Cc1ccc(/C=C/CN2CCc3c(c4c(OC(F)(F)F)cccc4n3C(=O)NCc3ccnc(Cl)c3)C2)cc1. The Bertz CT molecular complexity index is 1620. The van der Waals surface area contributed by atoms with E-state index in [2.05, 4.69) is 26.0 Å². The predicted octanol–water partition coefficient (Wildman–Crippen LogP) is 6.29. The molecule has 1 N–H and O–H groups in total. The molecule has 0 unspecified atom stereocenters. The van der Waals surface area contributed by atoms with Gasteiger partial charge in [0.05, 0.1) is 17.1 Å². The Morgan fingerprint density at radius 3 is 2.73 bits per heavy atom. The van der Waals surface area contributed by atoms with Crippen LogP contribution < -0.4 is 10.1 Å². The Balaban J connectivity index is 1.44. The van der Waals surface area contributed by atoms with Gasteiger partial charge in [0.1, 0.15) is 10.9 Å². The predicted molar refractivity (Wildman–Crippen MR) is 145 cm³/mol. The maximum absolute atomic E-state index is 13.4. The van der Waals surface area contributed by atoms with Gasteiger partial charge < -0.3 is 10.1 Å². The lowest BCUT2D eigenvalue weighted by atomic mass is 10.0. The smallest absolute Gasteiger partial charge is 0.405 e. The van der Waals surface area contributed by atoms with Crippen molar-refractivity contribution in [2.75, 3.05) is 13.1 Å². The van der Waals surface area contributed by atoms with Crippen molar-refractivity contribution in [3.05, 3.63) is 100.0 Å². The number of ether oxygens (including phenoxy) is 1. The van der Waals surface area contributed by atoms with Crippen LogP contribution in [0, 0.1) is 11.3 Å². The normalized spacial score (nSPS) is 13.8. The van der Waals surface area contributed by atoms with E-state index in [9.17, 15) is 18.0 Å². The summed E-state index contributed by atoms with van der Waals surface area (Å²) in [4.78, 5) is 19.4. The van der Waals surface area contributed by atoms with Gasteiger partial charge in [-0.2, -0.15) is 5.26 Å². The number of pyridine rings is 1. The Morgan fingerprint density at radius 1 is 1.20 bits per heavy atom. The van der Waals surface area contributed by atoms with E-state index in [0.29, 0.717) is 48.4 Å². The van der Waals surface area contributed by atoms with E-state index >= 15 is 0 Å². The van der Waals surface area contributed by atoms with Crippen LogP contribution in [-0.2, 0) is 19.5 Å². The zero-order chi connectivity index (χ0) is 28.3. The fourth-order valence-electron chi connectivity index (χ4n) is 4.85. The maximum Gasteiger partial charge on any atom is 0.573 e. The first-order valence-corrected chi connectivity index (χ1v) is 12.8. The summed E-state index contributed by atoms with van der Waals surface area (Å²) < 4.78 is 45.7. The number of fused-ring (bicyclic) bond motifs is 3. The Labute approximate surface area is 233 Å². The average Bonchev–Trinajstić information content (AvgIpc) is 3.26. The second-order valence-electron chi connectivity index (χ2n) is 9.23. The van der Waals surface area contributed by atoms with E-state index in [0.717, 1.165) is 11.1 Å². The van der Waals surface area contributed by atoms with Crippen molar-refractivity contribution in [2.24, 2.45) is 0 Å². The van der Waals surface area contributed by atoms with E-state index in [4.69, 9.17) is 16.9 Å². The maximum atomic E-state index is 13.4. The third kappa shape index (κ3) is 6.11.